The number of hydrogen-bond donors (Lipinski definition) is 1. The van der Waals surface area contributed by atoms with Crippen molar-refractivity contribution < 1.29 is 4.42 Å². The van der Waals surface area contributed by atoms with Gasteiger partial charge in [-0.2, -0.15) is 5.10 Å². The van der Waals surface area contributed by atoms with Crippen LogP contribution in [0.25, 0.3) is 21.9 Å². The number of rotatable bonds is 4. The summed E-state index contributed by atoms with van der Waals surface area (Å²) >= 11 is 0. The van der Waals surface area contributed by atoms with Crippen LogP contribution in [0.2, 0.25) is 0 Å². The molecule has 0 radical (unpaired) electrons. The van der Waals surface area contributed by atoms with Crippen molar-refractivity contribution in [3.63, 3.8) is 0 Å². The molecule has 2 aromatic heterocycles. The molecular formula is C15H19N3O. The van der Waals surface area contributed by atoms with E-state index in [0.29, 0.717) is 6.04 Å². The Bertz CT molecular complexity index is 711. The fraction of sp³-hybridized carbons (Fsp3) is 0.400. The monoisotopic (exact) mass is 257 g/mol. The summed E-state index contributed by atoms with van der Waals surface area (Å²) in [4.78, 5) is 0. The van der Waals surface area contributed by atoms with Gasteiger partial charge in [0.15, 0.2) is 0 Å². The molecule has 0 unspecified atom stereocenters. The van der Waals surface area contributed by atoms with E-state index in [-0.39, 0.29) is 0 Å². The molecule has 19 heavy (non-hydrogen) atoms. The lowest BCUT2D eigenvalue weighted by atomic mass is 10.2. The molecule has 4 nitrogen and oxygen atoms in total. The number of nitrogens with one attached hydrogen (secondary N) is 1. The Morgan fingerprint density at radius 1 is 1.42 bits per heavy atom. The van der Waals surface area contributed by atoms with E-state index < -0.39 is 0 Å². The second kappa shape index (κ2) is 4.70. The Balaban J connectivity index is 2.20. The number of benzene rings is 1. The number of likely N-dealkylation sites (N-methyl/N-ethyl adjacent to an activating group) is 1. The maximum Gasteiger partial charge on any atom is 0.136 e. The van der Waals surface area contributed by atoms with Gasteiger partial charge in [0.25, 0.3) is 0 Å². The van der Waals surface area contributed by atoms with Gasteiger partial charge < -0.3 is 9.73 Å². The highest BCUT2D eigenvalue weighted by Gasteiger charge is 2.12. The van der Waals surface area contributed by atoms with Crippen LogP contribution in [0, 0.1) is 0 Å². The van der Waals surface area contributed by atoms with E-state index in [1.807, 2.05) is 19.3 Å². The fourth-order valence-electron chi connectivity index (χ4n) is 2.41. The van der Waals surface area contributed by atoms with Gasteiger partial charge in [-0.1, -0.05) is 6.92 Å². The SMILES string of the molecule is CCc1cc2c(ccc3cnn(C[C@H](C)NC)c32)o1. The smallest absolute Gasteiger partial charge is 0.136 e. The molecule has 4 heteroatoms. The molecule has 1 aromatic carbocycles. The van der Waals surface area contributed by atoms with Gasteiger partial charge in [-0.25, -0.2) is 0 Å². The quantitative estimate of drug-likeness (QED) is 0.781. The van der Waals surface area contributed by atoms with Crippen molar-refractivity contribution in [2.45, 2.75) is 32.9 Å². The summed E-state index contributed by atoms with van der Waals surface area (Å²) in [5, 5.41) is 10.1. The van der Waals surface area contributed by atoms with Crippen LogP contribution >= 0.6 is 0 Å². The van der Waals surface area contributed by atoms with Crippen LogP contribution in [0.5, 0.6) is 0 Å². The number of nitrogens with zero attached hydrogens (tertiary/aromatic N) is 2. The van der Waals surface area contributed by atoms with Crippen molar-refractivity contribution in [1.82, 2.24) is 15.1 Å². The van der Waals surface area contributed by atoms with Crippen molar-refractivity contribution in [2.75, 3.05) is 7.05 Å². The Morgan fingerprint density at radius 2 is 2.26 bits per heavy atom. The van der Waals surface area contributed by atoms with E-state index in [2.05, 4.69) is 41.1 Å². The van der Waals surface area contributed by atoms with Crippen LogP contribution in [0.3, 0.4) is 0 Å². The molecule has 0 spiro atoms. The largest absolute Gasteiger partial charge is 0.461 e. The minimum absolute atomic E-state index is 0.385. The predicted molar refractivity (Wildman–Crippen MR) is 77.4 cm³/mol. The number of fused-ring (bicyclic) bond motifs is 3. The second-order valence-electron chi connectivity index (χ2n) is 5.00. The minimum Gasteiger partial charge on any atom is -0.461 e. The van der Waals surface area contributed by atoms with E-state index in [1.165, 1.54) is 10.9 Å². The lowest BCUT2D eigenvalue weighted by Crippen LogP contribution is -2.27. The predicted octanol–water partition coefficient (Wildman–Crippen LogP) is 2.95. The Morgan fingerprint density at radius 3 is 3.00 bits per heavy atom. The molecule has 2 heterocycles. The Labute approximate surface area is 112 Å². The summed E-state index contributed by atoms with van der Waals surface area (Å²) in [6.07, 6.45) is 2.84. The zero-order valence-corrected chi connectivity index (χ0v) is 11.6. The topological polar surface area (TPSA) is 43.0 Å². The first-order valence-electron chi connectivity index (χ1n) is 6.77. The van der Waals surface area contributed by atoms with E-state index >= 15 is 0 Å². The second-order valence-corrected chi connectivity index (χ2v) is 5.00. The molecule has 0 aliphatic heterocycles. The molecule has 0 aliphatic carbocycles. The van der Waals surface area contributed by atoms with Gasteiger partial charge in [0.2, 0.25) is 0 Å². The van der Waals surface area contributed by atoms with Crippen LogP contribution in [-0.4, -0.2) is 22.9 Å². The average Bonchev–Trinajstić information content (AvgIpc) is 3.01. The van der Waals surface area contributed by atoms with E-state index in [0.717, 1.165) is 29.7 Å². The molecular weight excluding hydrogens is 238 g/mol. The molecule has 0 bridgehead atoms. The standard InChI is InChI=1S/C15H19N3O/c1-4-12-7-13-14(19-12)6-5-11-8-17-18(15(11)13)9-10(2)16-3/h5-8,10,16H,4,9H2,1-3H3/t10-/m0/s1. The number of aromatic nitrogens is 2. The molecule has 0 amide bonds. The third-order valence-corrected chi connectivity index (χ3v) is 3.64. The zero-order valence-electron chi connectivity index (χ0n) is 11.6. The normalized spacial score (nSPS) is 13.4. The first-order valence-corrected chi connectivity index (χ1v) is 6.77. The van der Waals surface area contributed by atoms with Crippen molar-refractivity contribution in [3.05, 3.63) is 30.2 Å². The van der Waals surface area contributed by atoms with Gasteiger partial charge in [-0.15, -0.1) is 0 Å². The number of hydrogen-bond acceptors (Lipinski definition) is 3. The molecule has 1 N–H and O–H groups in total. The highest BCUT2D eigenvalue weighted by molar-refractivity contribution is 6.03. The first kappa shape index (κ1) is 12.2. The maximum atomic E-state index is 5.82. The lowest BCUT2D eigenvalue weighted by Gasteiger charge is -2.11. The van der Waals surface area contributed by atoms with Crippen molar-refractivity contribution in [1.29, 1.82) is 0 Å². The molecule has 0 saturated carbocycles. The Hall–Kier alpha value is -1.81. The molecule has 100 valence electrons. The molecule has 3 aromatic rings. The summed E-state index contributed by atoms with van der Waals surface area (Å²) in [7, 11) is 1.97. The summed E-state index contributed by atoms with van der Waals surface area (Å²) < 4.78 is 7.89. The highest BCUT2D eigenvalue weighted by atomic mass is 16.3. The first-order chi connectivity index (χ1) is 9.22. The summed E-state index contributed by atoms with van der Waals surface area (Å²) in [6.45, 7) is 5.11. The van der Waals surface area contributed by atoms with Crippen LogP contribution in [0.15, 0.2) is 28.8 Å². The van der Waals surface area contributed by atoms with Gasteiger partial charge in [-0.3, -0.25) is 4.68 Å². The van der Waals surface area contributed by atoms with Gasteiger partial charge in [0.05, 0.1) is 18.3 Å². The molecule has 0 saturated heterocycles. The Kier molecular flexibility index (Phi) is 3.03. The number of furan rings is 1. The van der Waals surface area contributed by atoms with Gasteiger partial charge in [-0.05, 0) is 32.2 Å². The van der Waals surface area contributed by atoms with Gasteiger partial charge in [0, 0.05) is 23.2 Å². The van der Waals surface area contributed by atoms with Crippen LogP contribution in [0.1, 0.15) is 19.6 Å². The minimum atomic E-state index is 0.385. The summed E-state index contributed by atoms with van der Waals surface area (Å²) in [6, 6.07) is 6.63. The van der Waals surface area contributed by atoms with Crippen LogP contribution < -0.4 is 5.32 Å². The summed E-state index contributed by atoms with van der Waals surface area (Å²) in [5.41, 5.74) is 2.12. The molecule has 0 fully saturated rings. The van der Waals surface area contributed by atoms with E-state index in [4.69, 9.17) is 4.42 Å². The maximum absolute atomic E-state index is 5.82. The van der Waals surface area contributed by atoms with Gasteiger partial charge >= 0.3 is 0 Å². The van der Waals surface area contributed by atoms with E-state index in [9.17, 15) is 0 Å². The molecule has 3 rings (SSSR count). The number of aryl methyl sites for hydroxylation is 1. The highest BCUT2D eigenvalue weighted by Crippen LogP contribution is 2.28. The third-order valence-electron chi connectivity index (χ3n) is 3.64. The van der Waals surface area contributed by atoms with Crippen molar-refractivity contribution >= 4 is 21.9 Å². The lowest BCUT2D eigenvalue weighted by molar-refractivity contribution is 0.492. The van der Waals surface area contributed by atoms with Crippen molar-refractivity contribution in [3.8, 4) is 0 Å². The van der Waals surface area contributed by atoms with Crippen LogP contribution in [-0.2, 0) is 13.0 Å². The van der Waals surface area contributed by atoms with Crippen molar-refractivity contribution in [2.24, 2.45) is 0 Å². The van der Waals surface area contributed by atoms with Crippen LogP contribution in [0.4, 0.5) is 0 Å². The third kappa shape index (κ3) is 2.02. The molecule has 0 aliphatic rings. The fourth-order valence-corrected chi connectivity index (χ4v) is 2.41. The summed E-state index contributed by atoms with van der Waals surface area (Å²) in [5.74, 6) is 1.02. The average molecular weight is 257 g/mol. The van der Waals surface area contributed by atoms with Gasteiger partial charge in [0.1, 0.15) is 11.3 Å². The molecule has 1 atom stereocenters. The van der Waals surface area contributed by atoms with E-state index in [1.54, 1.807) is 0 Å². The zero-order chi connectivity index (χ0) is 13.4.